The summed E-state index contributed by atoms with van der Waals surface area (Å²) in [6.45, 7) is 1.95. The minimum atomic E-state index is 0.00765. The van der Waals surface area contributed by atoms with E-state index in [4.69, 9.17) is 0 Å². The Kier molecular flexibility index (Phi) is 3.94. The Balaban J connectivity index is 1.73. The summed E-state index contributed by atoms with van der Waals surface area (Å²) in [5, 5.41) is 14.3. The third-order valence-electron chi connectivity index (χ3n) is 4.00. The summed E-state index contributed by atoms with van der Waals surface area (Å²) >= 11 is 0. The molecule has 3 rings (SSSR count). The van der Waals surface area contributed by atoms with E-state index in [0.717, 1.165) is 24.1 Å². The average Bonchev–Trinajstić information content (AvgIpc) is 3.02. The van der Waals surface area contributed by atoms with Crippen molar-refractivity contribution in [2.24, 2.45) is 0 Å². The first-order valence-corrected chi connectivity index (χ1v) is 7.39. The highest BCUT2D eigenvalue weighted by atomic mass is 16.1. The molecule has 1 saturated carbocycles. The molecule has 1 aliphatic rings. The molecule has 6 nitrogen and oxygen atoms in total. The van der Waals surface area contributed by atoms with E-state index in [1.54, 1.807) is 11.0 Å². The number of aromatic nitrogens is 4. The summed E-state index contributed by atoms with van der Waals surface area (Å²) in [4.78, 5) is 12.3. The number of carbonyl (C=O) groups excluding carboxylic acids is 1. The normalized spacial score (nSPS) is 15.9. The molecule has 6 heteroatoms. The van der Waals surface area contributed by atoms with Gasteiger partial charge in [-0.2, -0.15) is 0 Å². The Bertz CT molecular complexity index is 617. The van der Waals surface area contributed by atoms with Crippen LogP contribution in [0.15, 0.2) is 24.5 Å². The van der Waals surface area contributed by atoms with Crippen molar-refractivity contribution in [3.05, 3.63) is 35.7 Å². The van der Waals surface area contributed by atoms with Crippen molar-refractivity contribution in [3.63, 3.8) is 0 Å². The standard InChI is InChI=1S/C15H19N5O/c1-11-9-12(7-8-14(11)20-10-16-18-19-20)15(21)17-13-5-3-2-4-6-13/h7-10,13H,2-6H2,1H3,(H,17,21). The highest BCUT2D eigenvalue weighted by Gasteiger charge is 2.17. The Labute approximate surface area is 123 Å². The zero-order chi connectivity index (χ0) is 14.7. The van der Waals surface area contributed by atoms with Crippen molar-refractivity contribution in [2.75, 3.05) is 0 Å². The van der Waals surface area contributed by atoms with Gasteiger partial charge in [-0.1, -0.05) is 19.3 Å². The first kappa shape index (κ1) is 13.7. The van der Waals surface area contributed by atoms with Crippen molar-refractivity contribution in [2.45, 2.75) is 45.1 Å². The molecule has 21 heavy (non-hydrogen) atoms. The van der Waals surface area contributed by atoms with Crippen LogP contribution < -0.4 is 5.32 Å². The van der Waals surface area contributed by atoms with E-state index in [0.29, 0.717) is 11.6 Å². The van der Waals surface area contributed by atoms with Crippen molar-refractivity contribution >= 4 is 5.91 Å². The van der Waals surface area contributed by atoms with Gasteiger partial charge in [-0.05, 0) is 54.0 Å². The van der Waals surface area contributed by atoms with Crippen LogP contribution in [-0.2, 0) is 0 Å². The smallest absolute Gasteiger partial charge is 0.251 e. The van der Waals surface area contributed by atoms with Crippen molar-refractivity contribution in [1.29, 1.82) is 0 Å². The molecule has 0 bridgehead atoms. The first-order chi connectivity index (χ1) is 10.2. The van der Waals surface area contributed by atoms with E-state index in [2.05, 4.69) is 20.8 Å². The number of tetrazole rings is 1. The lowest BCUT2D eigenvalue weighted by molar-refractivity contribution is 0.0927. The molecule has 1 heterocycles. The fourth-order valence-corrected chi connectivity index (χ4v) is 2.84. The number of hydrogen-bond donors (Lipinski definition) is 1. The fraction of sp³-hybridized carbons (Fsp3) is 0.467. The van der Waals surface area contributed by atoms with Crippen molar-refractivity contribution in [3.8, 4) is 5.69 Å². The highest BCUT2D eigenvalue weighted by Crippen LogP contribution is 2.19. The zero-order valence-corrected chi connectivity index (χ0v) is 12.1. The topological polar surface area (TPSA) is 72.7 Å². The summed E-state index contributed by atoms with van der Waals surface area (Å²) in [5.41, 5.74) is 2.54. The summed E-state index contributed by atoms with van der Waals surface area (Å²) in [5.74, 6) is 0.00765. The van der Waals surface area contributed by atoms with Gasteiger partial charge in [-0.25, -0.2) is 4.68 Å². The number of nitrogens with zero attached hydrogens (tertiary/aromatic N) is 4. The zero-order valence-electron chi connectivity index (χ0n) is 12.1. The molecule has 0 aliphatic heterocycles. The molecule has 0 unspecified atom stereocenters. The number of carbonyl (C=O) groups is 1. The van der Waals surface area contributed by atoms with Crippen LogP contribution in [0.25, 0.3) is 5.69 Å². The molecule has 1 fully saturated rings. The number of hydrogen-bond acceptors (Lipinski definition) is 4. The summed E-state index contributed by atoms with van der Waals surface area (Å²) < 4.78 is 1.60. The maximum Gasteiger partial charge on any atom is 0.251 e. The van der Waals surface area contributed by atoms with Crippen molar-refractivity contribution < 1.29 is 4.79 Å². The van der Waals surface area contributed by atoms with E-state index < -0.39 is 0 Å². The maximum absolute atomic E-state index is 12.3. The van der Waals surface area contributed by atoms with Gasteiger partial charge in [0.25, 0.3) is 5.91 Å². The van der Waals surface area contributed by atoms with E-state index in [9.17, 15) is 4.79 Å². The molecular formula is C15H19N5O. The summed E-state index contributed by atoms with van der Waals surface area (Å²) in [7, 11) is 0. The van der Waals surface area contributed by atoms with Gasteiger partial charge in [0.15, 0.2) is 0 Å². The van der Waals surface area contributed by atoms with Crippen LogP contribution in [0, 0.1) is 6.92 Å². The fourth-order valence-electron chi connectivity index (χ4n) is 2.84. The lowest BCUT2D eigenvalue weighted by atomic mass is 9.95. The average molecular weight is 285 g/mol. The van der Waals surface area contributed by atoms with E-state index in [1.165, 1.54) is 19.3 Å². The largest absolute Gasteiger partial charge is 0.349 e. The molecule has 1 aromatic heterocycles. The Morgan fingerprint density at radius 2 is 2.10 bits per heavy atom. The molecule has 0 spiro atoms. The Morgan fingerprint density at radius 3 is 2.76 bits per heavy atom. The van der Waals surface area contributed by atoms with Crippen LogP contribution >= 0.6 is 0 Å². The van der Waals surface area contributed by atoms with Gasteiger partial charge < -0.3 is 5.32 Å². The second-order valence-corrected chi connectivity index (χ2v) is 5.56. The van der Waals surface area contributed by atoms with E-state index in [-0.39, 0.29) is 5.91 Å². The molecule has 2 aromatic rings. The predicted octanol–water partition coefficient (Wildman–Crippen LogP) is 2.03. The third kappa shape index (κ3) is 3.09. The second kappa shape index (κ2) is 6.03. The second-order valence-electron chi connectivity index (χ2n) is 5.56. The van der Waals surface area contributed by atoms with Crippen LogP contribution in [0.3, 0.4) is 0 Å². The molecule has 1 aromatic carbocycles. The monoisotopic (exact) mass is 285 g/mol. The van der Waals surface area contributed by atoms with Gasteiger partial charge in [0, 0.05) is 11.6 Å². The highest BCUT2D eigenvalue weighted by molar-refractivity contribution is 5.94. The van der Waals surface area contributed by atoms with Crippen LogP contribution in [0.1, 0.15) is 48.0 Å². The summed E-state index contributed by atoms with van der Waals surface area (Å²) in [6.07, 6.45) is 7.43. The summed E-state index contributed by atoms with van der Waals surface area (Å²) in [6, 6.07) is 5.91. The van der Waals surface area contributed by atoms with Gasteiger partial charge in [0.2, 0.25) is 0 Å². The molecule has 0 saturated heterocycles. The van der Waals surface area contributed by atoms with Gasteiger partial charge >= 0.3 is 0 Å². The van der Waals surface area contributed by atoms with Gasteiger partial charge in [-0.3, -0.25) is 4.79 Å². The number of nitrogens with one attached hydrogen (secondary N) is 1. The van der Waals surface area contributed by atoms with Crippen LogP contribution in [0.4, 0.5) is 0 Å². The molecule has 1 aliphatic carbocycles. The maximum atomic E-state index is 12.3. The molecule has 1 N–H and O–H groups in total. The molecular weight excluding hydrogens is 266 g/mol. The van der Waals surface area contributed by atoms with Gasteiger partial charge in [0.05, 0.1) is 5.69 Å². The minimum Gasteiger partial charge on any atom is -0.349 e. The van der Waals surface area contributed by atoms with Crippen molar-refractivity contribution in [1.82, 2.24) is 25.5 Å². The molecule has 0 radical (unpaired) electrons. The van der Waals surface area contributed by atoms with Crippen LogP contribution in [0.5, 0.6) is 0 Å². The Morgan fingerprint density at radius 1 is 1.29 bits per heavy atom. The SMILES string of the molecule is Cc1cc(C(=O)NC2CCCCC2)ccc1-n1cnnn1. The van der Waals surface area contributed by atoms with Crippen LogP contribution in [0.2, 0.25) is 0 Å². The molecule has 1 amide bonds. The number of aryl methyl sites for hydroxylation is 1. The number of rotatable bonds is 3. The lowest BCUT2D eigenvalue weighted by Crippen LogP contribution is -2.36. The van der Waals surface area contributed by atoms with Gasteiger partial charge in [-0.15, -0.1) is 5.10 Å². The van der Waals surface area contributed by atoms with E-state index >= 15 is 0 Å². The van der Waals surface area contributed by atoms with Crippen LogP contribution in [-0.4, -0.2) is 32.2 Å². The Hall–Kier alpha value is -2.24. The molecule has 0 atom stereocenters. The number of benzene rings is 1. The minimum absolute atomic E-state index is 0.00765. The predicted molar refractivity (Wildman–Crippen MR) is 78.2 cm³/mol. The van der Waals surface area contributed by atoms with E-state index in [1.807, 2.05) is 25.1 Å². The van der Waals surface area contributed by atoms with Gasteiger partial charge in [0.1, 0.15) is 6.33 Å². The first-order valence-electron chi connectivity index (χ1n) is 7.39. The molecule has 110 valence electrons. The third-order valence-corrected chi connectivity index (χ3v) is 4.00. The quantitative estimate of drug-likeness (QED) is 0.936. The lowest BCUT2D eigenvalue weighted by Gasteiger charge is -2.22. The number of amides is 1.